The molecule has 0 N–H and O–H groups in total. The standard InChI is InChI=1S/C13H18BrNO4S/c1-15(9-3-4-13(16)19-2)20(17,18)12-7-5-11(10-14)6-8-12/h5-8H,3-4,9-10H2,1-2H3. The minimum Gasteiger partial charge on any atom is -0.469 e. The van der Waals surface area contributed by atoms with E-state index in [-0.39, 0.29) is 23.8 Å². The van der Waals surface area contributed by atoms with Crippen LogP contribution in [0.5, 0.6) is 0 Å². The highest BCUT2D eigenvalue weighted by molar-refractivity contribution is 9.08. The van der Waals surface area contributed by atoms with Gasteiger partial charge in [0.25, 0.3) is 0 Å². The third kappa shape index (κ3) is 4.57. The Kier molecular flexibility index (Phi) is 6.64. The molecule has 0 radical (unpaired) electrons. The SMILES string of the molecule is COC(=O)CCCN(C)S(=O)(=O)c1ccc(CBr)cc1. The van der Waals surface area contributed by atoms with E-state index in [9.17, 15) is 13.2 Å². The maximum atomic E-state index is 12.3. The summed E-state index contributed by atoms with van der Waals surface area (Å²) >= 11 is 3.31. The topological polar surface area (TPSA) is 63.7 Å². The number of methoxy groups -OCH3 is 1. The van der Waals surface area contributed by atoms with E-state index in [1.807, 2.05) is 0 Å². The van der Waals surface area contributed by atoms with Crippen molar-refractivity contribution in [2.24, 2.45) is 0 Å². The first-order chi connectivity index (χ1) is 9.41. The van der Waals surface area contributed by atoms with Crippen LogP contribution in [-0.4, -0.2) is 39.4 Å². The molecular formula is C13H18BrNO4S. The van der Waals surface area contributed by atoms with Crippen LogP contribution < -0.4 is 0 Å². The van der Waals surface area contributed by atoms with Crippen LogP contribution in [0.3, 0.4) is 0 Å². The Bertz CT molecular complexity index is 542. The highest BCUT2D eigenvalue weighted by Crippen LogP contribution is 2.16. The van der Waals surface area contributed by atoms with E-state index < -0.39 is 10.0 Å². The van der Waals surface area contributed by atoms with Gasteiger partial charge in [0.1, 0.15) is 0 Å². The number of ether oxygens (including phenoxy) is 1. The van der Waals surface area contributed by atoms with Gasteiger partial charge in [0.05, 0.1) is 12.0 Å². The number of alkyl halides is 1. The molecule has 0 aromatic heterocycles. The summed E-state index contributed by atoms with van der Waals surface area (Å²) in [7, 11) is -0.684. The largest absolute Gasteiger partial charge is 0.469 e. The third-order valence-corrected chi connectivity index (χ3v) is 5.39. The monoisotopic (exact) mass is 363 g/mol. The minimum atomic E-state index is -3.50. The lowest BCUT2D eigenvalue weighted by Crippen LogP contribution is -2.28. The van der Waals surface area contributed by atoms with Gasteiger partial charge in [-0.05, 0) is 24.1 Å². The molecule has 1 aromatic rings. The first kappa shape index (κ1) is 17.1. The van der Waals surface area contributed by atoms with E-state index in [1.165, 1.54) is 18.5 Å². The minimum absolute atomic E-state index is 0.207. The number of carbonyl (C=O) groups is 1. The van der Waals surface area contributed by atoms with E-state index in [2.05, 4.69) is 20.7 Å². The third-order valence-electron chi connectivity index (χ3n) is 2.87. The van der Waals surface area contributed by atoms with Crippen molar-refractivity contribution in [1.29, 1.82) is 0 Å². The van der Waals surface area contributed by atoms with Gasteiger partial charge in [-0.2, -0.15) is 0 Å². The van der Waals surface area contributed by atoms with Gasteiger partial charge in [0, 0.05) is 25.3 Å². The molecule has 0 saturated carbocycles. The fourth-order valence-electron chi connectivity index (χ4n) is 1.60. The second-order valence-electron chi connectivity index (χ2n) is 4.28. The number of carbonyl (C=O) groups excluding carboxylic acids is 1. The van der Waals surface area contributed by atoms with Gasteiger partial charge in [-0.1, -0.05) is 28.1 Å². The summed E-state index contributed by atoms with van der Waals surface area (Å²) in [6.07, 6.45) is 0.640. The molecule has 0 atom stereocenters. The van der Waals surface area contributed by atoms with Crippen molar-refractivity contribution >= 4 is 31.9 Å². The highest BCUT2D eigenvalue weighted by atomic mass is 79.9. The van der Waals surface area contributed by atoms with Crippen molar-refractivity contribution in [3.05, 3.63) is 29.8 Å². The Morgan fingerprint density at radius 1 is 1.30 bits per heavy atom. The summed E-state index contributed by atoms with van der Waals surface area (Å²) < 4.78 is 30.3. The molecule has 0 unspecified atom stereocenters. The summed E-state index contributed by atoms with van der Waals surface area (Å²) in [6, 6.07) is 6.71. The molecular weight excluding hydrogens is 346 g/mol. The van der Waals surface area contributed by atoms with Gasteiger partial charge in [-0.25, -0.2) is 12.7 Å². The lowest BCUT2D eigenvalue weighted by atomic mass is 10.2. The van der Waals surface area contributed by atoms with Gasteiger partial charge in [0.15, 0.2) is 0 Å². The predicted octanol–water partition coefficient (Wildman–Crippen LogP) is 2.16. The molecule has 0 amide bonds. The van der Waals surface area contributed by atoms with Gasteiger partial charge in [-0.3, -0.25) is 4.79 Å². The number of esters is 1. The zero-order valence-corrected chi connectivity index (χ0v) is 13.9. The second-order valence-corrected chi connectivity index (χ2v) is 6.89. The molecule has 0 aliphatic carbocycles. The molecule has 0 aliphatic heterocycles. The van der Waals surface area contributed by atoms with Crippen molar-refractivity contribution in [1.82, 2.24) is 4.31 Å². The Morgan fingerprint density at radius 3 is 2.40 bits per heavy atom. The van der Waals surface area contributed by atoms with Crippen LogP contribution >= 0.6 is 15.9 Å². The fraction of sp³-hybridized carbons (Fsp3) is 0.462. The van der Waals surface area contributed by atoms with Gasteiger partial charge in [-0.15, -0.1) is 0 Å². The second kappa shape index (κ2) is 7.75. The van der Waals surface area contributed by atoms with Crippen LogP contribution in [0.15, 0.2) is 29.2 Å². The number of halogens is 1. The summed E-state index contributed by atoms with van der Waals surface area (Å²) in [5.41, 5.74) is 1.01. The first-order valence-corrected chi connectivity index (χ1v) is 8.66. The number of hydrogen-bond donors (Lipinski definition) is 0. The molecule has 1 aromatic carbocycles. The zero-order chi connectivity index (χ0) is 15.2. The first-order valence-electron chi connectivity index (χ1n) is 6.10. The molecule has 0 bridgehead atoms. The molecule has 5 nitrogen and oxygen atoms in total. The normalized spacial score (nSPS) is 11.6. The number of hydrogen-bond acceptors (Lipinski definition) is 4. The summed E-state index contributed by atoms with van der Waals surface area (Å²) in [5, 5.41) is 0.683. The lowest BCUT2D eigenvalue weighted by Gasteiger charge is -2.17. The van der Waals surface area contributed by atoms with Crippen LogP contribution in [0.2, 0.25) is 0 Å². The smallest absolute Gasteiger partial charge is 0.305 e. The van der Waals surface area contributed by atoms with Gasteiger partial charge >= 0.3 is 5.97 Å². The van der Waals surface area contributed by atoms with Gasteiger partial charge in [0.2, 0.25) is 10.0 Å². The van der Waals surface area contributed by atoms with Crippen molar-refractivity contribution in [3.8, 4) is 0 Å². The van der Waals surface area contributed by atoms with E-state index in [1.54, 1.807) is 24.3 Å². The van der Waals surface area contributed by atoms with Crippen molar-refractivity contribution < 1.29 is 17.9 Å². The molecule has 0 fully saturated rings. The average Bonchev–Trinajstić information content (AvgIpc) is 2.46. The molecule has 7 heteroatoms. The van der Waals surface area contributed by atoms with Gasteiger partial charge < -0.3 is 4.74 Å². The highest BCUT2D eigenvalue weighted by Gasteiger charge is 2.20. The van der Waals surface area contributed by atoms with Crippen LogP contribution in [0.1, 0.15) is 18.4 Å². The zero-order valence-electron chi connectivity index (χ0n) is 11.5. The molecule has 0 spiro atoms. The Hall–Kier alpha value is -0.920. The lowest BCUT2D eigenvalue weighted by molar-refractivity contribution is -0.140. The van der Waals surface area contributed by atoms with Crippen molar-refractivity contribution in [2.45, 2.75) is 23.1 Å². The van der Waals surface area contributed by atoms with E-state index in [0.717, 1.165) is 5.56 Å². The van der Waals surface area contributed by atoms with Crippen molar-refractivity contribution in [3.63, 3.8) is 0 Å². The molecule has 0 saturated heterocycles. The van der Waals surface area contributed by atoms with E-state index >= 15 is 0 Å². The number of benzene rings is 1. The average molecular weight is 364 g/mol. The quantitative estimate of drug-likeness (QED) is 0.549. The summed E-state index contributed by atoms with van der Waals surface area (Å²) in [5.74, 6) is -0.336. The number of rotatable bonds is 7. The van der Waals surface area contributed by atoms with Crippen LogP contribution in [0.4, 0.5) is 0 Å². The molecule has 0 heterocycles. The predicted molar refractivity (Wildman–Crippen MR) is 80.1 cm³/mol. The molecule has 1 rings (SSSR count). The van der Waals surface area contributed by atoms with Crippen LogP contribution in [0.25, 0.3) is 0 Å². The van der Waals surface area contributed by atoms with Crippen molar-refractivity contribution in [2.75, 3.05) is 20.7 Å². The maximum absolute atomic E-state index is 12.3. The van der Waals surface area contributed by atoms with Crippen LogP contribution in [-0.2, 0) is 24.9 Å². The number of sulfonamides is 1. The molecule has 112 valence electrons. The Morgan fingerprint density at radius 2 is 1.90 bits per heavy atom. The number of nitrogens with zero attached hydrogens (tertiary/aromatic N) is 1. The Labute approximate surface area is 128 Å². The van der Waals surface area contributed by atoms with E-state index in [0.29, 0.717) is 11.8 Å². The van der Waals surface area contributed by atoms with Crippen LogP contribution in [0, 0.1) is 0 Å². The summed E-state index contributed by atoms with van der Waals surface area (Å²) in [6.45, 7) is 0.275. The maximum Gasteiger partial charge on any atom is 0.305 e. The Balaban J connectivity index is 2.69. The fourth-order valence-corrected chi connectivity index (χ4v) is 3.18. The molecule has 0 aliphatic rings. The summed E-state index contributed by atoms with van der Waals surface area (Å²) in [4.78, 5) is 11.2. The van der Waals surface area contributed by atoms with E-state index in [4.69, 9.17) is 0 Å². The molecule has 20 heavy (non-hydrogen) atoms.